The fourth-order valence-electron chi connectivity index (χ4n) is 2.13. The summed E-state index contributed by atoms with van der Waals surface area (Å²) in [4.78, 5) is 17.8. The number of hydrogen-bond acceptors (Lipinski definition) is 3. The summed E-state index contributed by atoms with van der Waals surface area (Å²) in [5, 5.41) is 4.30. The Kier molecular flexibility index (Phi) is 6.68. The van der Waals surface area contributed by atoms with E-state index in [2.05, 4.69) is 10.3 Å². The molecule has 0 aliphatic rings. The summed E-state index contributed by atoms with van der Waals surface area (Å²) in [6.07, 6.45) is 4.76. The van der Waals surface area contributed by atoms with Crippen molar-refractivity contribution in [2.45, 2.75) is 12.8 Å². The molecule has 0 aliphatic heterocycles. The largest absolute Gasteiger partial charge is 0.384 e. The van der Waals surface area contributed by atoms with Crippen molar-refractivity contribution in [3.05, 3.63) is 58.3 Å². The zero-order chi connectivity index (χ0) is 16.7. The average molecular weight is 352 g/mol. The molecule has 6 heteroatoms. The first-order chi connectivity index (χ1) is 11.0. The van der Waals surface area contributed by atoms with Gasteiger partial charge in [0.1, 0.15) is 0 Å². The van der Waals surface area contributed by atoms with Crippen molar-refractivity contribution < 1.29 is 4.79 Å². The van der Waals surface area contributed by atoms with Crippen LogP contribution in [0.3, 0.4) is 0 Å². The van der Waals surface area contributed by atoms with E-state index >= 15 is 0 Å². The van der Waals surface area contributed by atoms with Crippen molar-refractivity contribution in [1.29, 1.82) is 0 Å². The third kappa shape index (κ3) is 6.08. The number of nitrogens with one attached hydrogen (secondary N) is 1. The molecule has 122 valence electrons. The maximum absolute atomic E-state index is 12.1. The molecule has 0 bridgehead atoms. The molecule has 23 heavy (non-hydrogen) atoms. The molecule has 1 N–H and O–H groups in total. The summed E-state index contributed by atoms with van der Waals surface area (Å²) in [5.41, 5.74) is 1.99. The van der Waals surface area contributed by atoms with Crippen molar-refractivity contribution in [2.75, 3.05) is 25.5 Å². The first-order valence-electron chi connectivity index (χ1n) is 7.37. The van der Waals surface area contributed by atoms with Gasteiger partial charge in [-0.1, -0.05) is 23.2 Å². The van der Waals surface area contributed by atoms with E-state index in [9.17, 15) is 4.79 Å². The highest BCUT2D eigenvalue weighted by Crippen LogP contribution is 2.22. The number of carbonyl (C=O) groups excluding carboxylic acids is 1. The second kappa shape index (κ2) is 8.75. The minimum absolute atomic E-state index is 0.0969. The number of pyridine rings is 1. The summed E-state index contributed by atoms with van der Waals surface area (Å²) in [5.74, 6) is 0.0969. The van der Waals surface area contributed by atoms with Crippen molar-refractivity contribution >= 4 is 34.8 Å². The zero-order valence-electron chi connectivity index (χ0n) is 12.9. The van der Waals surface area contributed by atoms with E-state index in [-0.39, 0.29) is 5.91 Å². The van der Waals surface area contributed by atoms with E-state index in [4.69, 9.17) is 23.2 Å². The Bertz CT molecular complexity index is 629. The molecule has 0 spiro atoms. The smallest absolute Gasteiger partial charge is 0.224 e. The van der Waals surface area contributed by atoms with Crippen LogP contribution in [0.2, 0.25) is 10.0 Å². The maximum Gasteiger partial charge on any atom is 0.224 e. The number of amides is 1. The highest BCUT2D eigenvalue weighted by Gasteiger charge is 2.08. The van der Waals surface area contributed by atoms with Crippen LogP contribution in [0.15, 0.2) is 42.7 Å². The molecule has 0 unspecified atom stereocenters. The SMILES string of the molecule is CN(CCc1ccncc1)C(=O)CCNc1cc(Cl)cc(Cl)c1. The van der Waals surface area contributed by atoms with Gasteiger partial charge < -0.3 is 10.2 Å². The summed E-state index contributed by atoms with van der Waals surface area (Å²) in [6.45, 7) is 1.22. The average Bonchev–Trinajstić information content (AvgIpc) is 2.52. The van der Waals surface area contributed by atoms with E-state index in [0.29, 0.717) is 29.6 Å². The summed E-state index contributed by atoms with van der Waals surface area (Å²) >= 11 is 11.9. The Balaban J connectivity index is 1.73. The number of rotatable bonds is 7. The number of benzene rings is 1. The van der Waals surface area contributed by atoms with Crippen LogP contribution in [-0.2, 0) is 11.2 Å². The first-order valence-corrected chi connectivity index (χ1v) is 8.13. The number of aromatic nitrogens is 1. The van der Waals surface area contributed by atoms with Crippen LogP contribution < -0.4 is 5.32 Å². The van der Waals surface area contributed by atoms with Crippen molar-refractivity contribution in [3.8, 4) is 0 Å². The molecule has 0 saturated carbocycles. The lowest BCUT2D eigenvalue weighted by Gasteiger charge is -2.17. The molecule has 0 aliphatic carbocycles. The van der Waals surface area contributed by atoms with Crippen LogP contribution in [0.25, 0.3) is 0 Å². The van der Waals surface area contributed by atoms with Crippen LogP contribution >= 0.6 is 23.2 Å². The predicted molar refractivity (Wildman–Crippen MR) is 95.1 cm³/mol. The molecule has 2 rings (SSSR count). The normalized spacial score (nSPS) is 10.4. The quantitative estimate of drug-likeness (QED) is 0.822. The fourth-order valence-corrected chi connectivity index (χ4v) is 2.66. The van der Waals surface area contributed by atoms with Crippen molar-refractivity contribution in [2.24, 2.45) is 0 Å². The van der Waals surface area contributed by atoms with Gasteiger partial charge in [-0.15, -0.1) is 0 Å². The molecule has 2 aromatic rings. The summed E-state index contributed by atoms with van der Waals surface area (Å²) in [7, 11) is 1.82. The second-order valence-corrected chi connectivity index (χ2v) is 6.13. The van der Waals surface area contributed by atoms with Gasteiger partial charge >= 0.3 is 0 Å². The topological polar surface area (TPSA) is 45.2 Å². The first kappa shape index (κ1) is 17.6. The molecule has 1 aromatic heterocycles. The van der Waals surface area contributed by atoms with Crippen LogP contribution in [0.5, 0.6) is 0 Å². The number of carbonyl (C=O) groups is 1. The lowest BCUT2D eigenvalue weighted by molar-refractivity contribution is -0.129. The van der Waals surface area contributed by atoms with E-state index in [1.807, 2.05) is 19.2 Å². The Morgan fingerprint density at radius 1 is 1.17 bits per heavy atom. The maximum atomic E-state index is 12.1. The molecular formula is C17H19Cl2N3O. The number of hydrogen-bond donors (Lipinski definition) is 1. The summed E-state index contributed by atoms with van der Waals surface area (Å²) < 4.78 is 0. The minimum Gasteiger partial charge on any atom is -0.384 e. The number of anilines is 1. The molecule has 4 nitrogen and oxygen atoms in total. The lowest BCUT2D eigenvalue weighted by Crippen LogP contribution is -2.30. The highest BCUT2D eigenvalue weighted by atomic mass is 35.5. The number of likely N-dealkylation sites (N-methyl/N-ethyl adjacent to an activating group) is 1. The Morgan fingerprint density at radius 2 is 1.83 bits per heavy atom. The fraction of sp³-hybridized carbons (Fsp3) is 0.294. The summed E-state index contributed by atoms with van der Waals surface area (Å²) in [6, 6.07) is 9.16. The molecule has 0 saturated heterocycles. The van der Waals surface area contributed by atoms with Gasteiger partial charge in [0, 0.05) is 54.7 Å². The van der Waals surface area contributed by atoms with Gasteiger partial charge in [-0.25, -0.2) is 0 Å². The van der Waals surface area contributed by atoms with E-state index < -0.39 is 0 Å². The van der Waals surface area contributed by atoms with Crippen molar-refractivity contribution in [1.82, 2.24) is 9.88 Å². The van der Waals surface area contributed by atoms with E-state index in [0.717, 1.165) is 12.1 Å². The van der Waals surface area contributed by atoms with Crippen LogP contribution in [0, 0.1) is 0 Å². The van der Waals surface area contributed by atoms with Gasteiger partial charge in [-0.2, -0.15) is 0 Å². The third-order valence-electron chi connectivity index (χ3n) is 3.44. The second-order valence-electron chi connectivity index (χ2n) is 5.26. The molecule has 1 amide bonds. The molecule has 0 radical (unpaired) electrons. The standard InChI is InChI=1S/C17H19Cl2N3O/c1-22(9-5-13-2-6-20-7-3-13)17(23)4-8-21-16-11-14(18)10-15(19)12-16/h2-3,6-7,10-12,21H,4-5,8-9H2,1H3. The minimum atomic E-state index is 0.0969. The van der Waals surface area contributed by atoms with Crippen LogP contribution in [0.4, 0.5) is 5.69 Å². The van der Waals surface area contributed by atoms with Gasteiger partial charge in [-0.3, -0.25) is 9.78 Å². The lowest BCUT2D eigenvalue weighted by atomic mass is 10.2. The van der Waals surface area contributed by atoms with Gasteiger partial charge in [0.25, 0.3) is 0 Å². The molecule has 0 atom stereocenters. The van der Waals surface area contributed by atoms with Crippen molar-refractivity contribution in [3.63, 3.8) is 0 Å². The van der Waals surface area contributed by atoms with E-state index in [1.54, 1.807) is 35.5 Å². The number of nitrogens with zero attached hydrogens (tertiary/aromatic N) is 2. The van der Waals surface area contributed by atoms with Gasteiger partial charge in [0.05, 0.1) is 0 Å². The Hall–Kier alpha value is -1.78. The zero-order valence-corrected chi connectivity index (χ0v) is 14.4. The molecular weight excluding hydrogens is 333 g/mol. The van der Waals surface area contributed by atoms with Crippen LogP contribution in [-0.4, -0.2) is 35.9 Å². The number of halogens is 2. The molecule has 1 aromatic carbocycles. The monoisotopic (exact) mass is 351 g/mol. The Morgan fingerprint density at radius 3 is 2.48 bits per heavy atom. The molecule has 0 fully saturated rings. The van der Waals surface area contributed by atoms with Gasteiger partial charge in [0.15, 0.2) is 0 Å². The Labute approximate surface area is 146 Å². The molecule has 1 heterocycles. The third-order valence-corrected chi connectivity index (χ3v) is 3.88. The van der Waals surface area contributed by atoms with Gasteiger partial charge in [-0.05, 0) is 42.3 Å². The predicted octanol–water partition coefficient (Wildman–Crippen LogP) is 3.89. The van der Waals surface area contributed by atoms with Gasteiger partial charge in [0.2, 0.25) is 5.91 Å². The highest BCUT2D eigenvalue weighted by molar-refractivity contribution is 6.35. The van der Waals surface area contributed by atoms with E-state index in [1.165, 1.54) is 5.56 Å². The van der Waals surface area contributed by atoms with Crippen LogP contribution in [0.1, 0.15) is 12.0 Å².